The molecule has 0 saturated carbocycles. The van der Waals surface area contributed by atoms with Crippen molar-refractivity contribution in [3.8, 4) is 0 Å². The number of benzene rings is 3. The SMILES string of the molecule is CN(C(=O)c1ccc(Cl)cc1)c1ccc(CC[C@H](N)CO)cc1.Nc1ccc(CC[C@H](N)CO)cc1. The van der Waals surface area contributed by atoms with Gasteiger partial charge in [0.05, 0.1) is 13.2 Å². The predicted octanol–water partition coefficient (Wildman–Crippen LogP) is 3.39. The van der Waals surface area contributed by atoms with E-state index in [2.05, 4.69) is 0 Å². The van der Waals surface area contributed by atoms with Crippen molar-refractivity contribution in [3.63, 3.8) is 0 Å². The van der Waals surface area contributed by atoms with E-state index >= 15 is 0 Å². The summed E-state index contributed by atoms with van der Waals surface area (Å²) in [6.45, 7) is 0.0470. The van der Waals surface area contributed by atoms with Crippen molar-refractivity contribution in [2.24, 2.45) is 11.5 Å². The third kappa shape index (κ3) is 9.97. The average Bonchev–Trinajstić information content (AvgIpc) is 2.91. The van der Waals surface area contributed by atoms with Crippen LogP contribution in [0.25, 0.3) is 0 Å². The number of carbonyl (C=O) groups excluding carboxylic acids is 1. The van der Waals surface area contributed by atoms with E-state index in [0.29, 0.717) is 10.6 Å². The third-order valence-electron chi connectivity index (χ3n) is 5.78. The van der Waals surface area contributed by atoms with Gasteiger partial charge in [0.1, 0.15) is 0 Å². The van der Waals surface area contributed by atoms with Crippen molar-refractivity contribution in [2.75, 3.05) is 30.9 Å². The molecule has 0 aliphatic heterocycles. The molecule has 0 aliphatic rings. The normalized spacial score (nSPS) is 12.3. The fraction of sp³-hybridized carbons (Fsp3) is 0.321. The van der Waals surface area contributed by atoms with Gasteiger partial charge in [0, 0.05) is 41.1 Å². The zero-order valence-corrected chi connectivity index (χ0v) is 21.4. The molecule has 0 fully saturated rings. The Morgan fingerprint density at radius 1 is 0.806 bits per heavy atom. The number of aliphatic hydroxyl groups excluding tert-OH is 2. The maximum Gasteiger partial charge on any atom is 0.258 e. The molecule has 8 heteroatoms. The van der Waals surface area contributed by atoms with Crippen LogP contribution in [0.4, 0.5) is 11.4 Å². The molecule has 194 valence electrons. The van der Waals surface area contributed by atoms with Gasteiger partial charge in [0.2, 0.25) is 0 Å². The summed E-state index contributed by atoms with van der Waals surface area (Å²) in [4.78, 5) is 14.0. The second-order valence-corrected chi connectivity index (χ2v) is 9.18. The summed E-state index contributed by atoms with van der Waals surface area (Å²) in [5, 5.41) is 18.3. The van der Waals surface area contributed by atoms with Gasteiger partial charge in [-0.3, -0.25) is 4.79 Å². The van der Waals surface area contributed by atoms with Crippen LogP contribution in [0.3, 0.4) is 0 Å². The van der Waals surface area contributed by atoms with Gasteiger partial charge >= 0.3 is 0 Å². The van der Waals surface area contributed by atoms with E-state index < -0.39 is 0 Å². The van der Waals surface area contributed by atoms with Crippen molar-refractivity contribution < 1.29 is 15.0 Å². The first-order valence-corrected chi connectivity index (χ1v) is 12.3. The standard InChI is InChI=1S/C18H21ClN2O2.C10H16N2O/c1-21(18(23)14-5-7-15(19)8-6-14)17-10-3-13(4-11-17)2-9-16(20)12-22;11-9-4-1-8(2-5-9)3-6-10(12)7-13/h3-8,10-11,16,22H,2,9,12,20H2,1H3;1-2,4-5,10,13H,3,6-7,11-12H2/t16-;10-/m00/s1. The minimum absolute atomic E-state index is 0.00356. The van der Waals surface area contributed by atoms with E-state index in [1.807, 2.05) is 48.5 Å². The Hall–Kier alpha value is -2.94. The smallest absolute Gasteiger partial charge is 0.258 e. The monoisotopic (exact) mass is 512 g/mol. The van der Waals surface area contributed by atoms with Gasteiger partial charge in [0.25, 0.3) is 5.91 Å². The van der Waals surface area contributed by atoms with Crippen LogP contribution in [0.15, 0.2) is 72.8 Å². The molecule has 1 amide bonds. The zero-order valence-electron chi connectivity index (χ0n) is 20.7. The fourth-order valence-electron chi connectivity index (χ4n) is 3.36. The molecule has 0 aromatic heterocycles. The van der Waals surface area contributed by atoms with E-state index in [1.54, 1.807) is 36.2 Å². The van der Waals surface area contributed by atoms with Crippen molar-refractivity contribution in [3.05, 3.63) is 94.5 Å². The second-order valence-electron chi connectivity index (χ2n) is 8.74. The van der Waals surface area contributed by atoms with Crippen LogP contribution in [-0.4, -0.2) is 48.5 Å². The van der Waals surface area contributed by atoms with Gasteiger partial charge < -0.3 is 32.3 Å². The molecule has 3 aromatic carbocycles. The Morgan fingerprint density at radius 2 is 1.25 bits per heavy atom. The Bertz CT molecular complexity index is 1040. The first-order chi connectivity index (χ1) is 17.2. The summed E-state index contributed by atoms with van der Waals surface area (Å²) >= 11 is 5.84. The lowest BCUT2D eigenvalue weighted by atomic mass is 10.1. The molecule has 8 N–H and O–H groups in total. The topological polar surface area (TPSA) is 139 Å². The molecule has 0 bridgehead atoms. The van der Waals surface area contributed by atoms with Crippen molar-refractivity contribution >= 4 is 28.9 Å². The quantitative estimate of drug-likeness (QED) is 0.264. The van der Waals surface area contributed by atoms with Gasteiger partial charge in [-0.25, -0.2) is 0 Å². The number of aryl methyl sites for hydroxylation is 2. The average molecular weight is 513 g/mol. The number of halogens is 1. The molecule has 0 unspecified atom stereocenters. The number of hydrogen-bond acceptors (Lipinski definition) is 6. The highest BCUT2D eigenvalue weighted by Crippen LogP contribution is 2.19. The summed E-state index contributed by atoms with van der Waals surface area (Å²) in [7, 11) is 1.74. The second kappa shape index (κ2) is 15.2. The van der Waals surface area contributed by atoms with E-state index in [-0.39, 0.29) is 31.2 Å². The Balaban J connectivity index is 0.000000297. The molecule has 0 heterocycles. The maximum atomic E-state index is 12.4. The Kier molecular flexibility index (Phi) is 12.4. The number of amides is 1. The van der Waals surface area contributed by atoms with E-state index in [9.17, 15) is 4.79 Å². The van der Waals surface area contributed by atoms with Gasteiger partial charge in [-0.2, -0.15) is 0 Å². The molecule has 0 radical (unpaired) electrons. The van der Waals surface area contributed by atoms with Crippen LogP contribution in [0.2, 0.25) is 5.02 Å². The minimum atomic E-state index is -0.191. The molecular weight excluding hydrogens is 476 g/mol. The third-order valence-corrected chi connectivity index (χ3v) is 6.03. The molecule has 0 saturated heterocycles. The van der Waals surface area contributed by atoms with Crippen molar-refractivity contribution in [2.45, 2.75) is 37.8 Å². The lowest BCUT2D eigenvalue weighted by Gasteiger charge is -2.18. The molecular formula is C28H37ClN4O3. The first-order valence-electron chi connectivity index (χ1n) is 11.9. The Labute approximate surface area is 218 Å². The minimum Gasteiger partial charge on any atom is -0.399 e. The zero-order chi connectivity index (χ0) is 26.5. The number of carbonyl (C=O) groups is 1. The van der Waals surface area contributed by atoms with Crippen molar-refractivity contribution in [1.82, 2.24) is 0 Å². The summed E-state index contributed by atoms with van der Waals surface area (Å²) in [5.74, 6) is -0.0864. The van der Waals surface area contributed by atoms with E-state index in [1.165, 1.54) is 5.56 Å². The van der Waals surface area contributed by atoms with Crippen LogP contribution in [0, 0.1) is 0 Å². The van der Waals surface area contributed by atoms with Crippen LogP contribution < -0.4 is 22.1 Å². The van der Waals surface area contributed by atoms with Crippen LogP contribution in [0.5, 0.6) is 0 Å². The fourth-order valence-corrected chi connectivity index (χ4v) is 3.49. The number of anilines is 2. The van der Waals surface area contributed by atoms with Crippen LogP contribution in [0.1, 0.15) is 34.3 Å². The highest BCUT2D eigenvalue weighted by atomic mass is 35.5. The van der Waals surface area contributed by atoms with Crippen molar-refractivity contribution in [1.29, 1.82) is 0 Å². The molecule has 0 aliphatic carbocycles. The summed E-state index contributed by atoms with van der Waals surface area (Å²) in [6.07, 6.45) is 3.23. The lowest BCUT2D eigenvalue weighted by Crippen LogP contribution is -2.26. The number of nitrogens with two attached hydrogens (primary N) is 3. The number of hydrogen-bond donors (Lipinski definition) is 5. The number of nitrogens with zero attached hydrogens (tertiary/aromatic N) is 1. The van der Waals surface area contributed by atoms with Gasteiger partial charge in [-0.05, 0) is 85.3 Å². The highest BCUT2D eigenvalue weighted by molar-refractivity contribution is 6.30. The summed E-state index contributed by atoms with van der Waals surface area (Å²) < 4.78 is 0. The Morgan fingerprint density at radius 3 is 1.69 bits per heavy atom. The number of aliphatic hydroxyl groups is 2. The lowest BCUT2D eigenvalue weighted by molar-refractivity contribution is 0.0993. The van der Waals surface area contributed by atoms with Crippen LogP contribution in [-0.2, 0) is 12.8 Å². The molecule has 7 nitrogen and oxygen atoms in total. The van der Waals surface area contributed by atoms with E-state index in [4.69, 9.17) is 39.0 Å². The first kappa shape index (κ1) is 29.3. The number of nitrogen functional groups attached to an aromatic ring is 1. The molecule has 3 aromatic rings. The van der Waals surface area contributed by atoms with Crippen LogP contribution >= 0.6 is 11.6 Å². The summed E-state index contributed by atoms with van der Waals surface area (Å²) in [6, 6.07) is 22.0. The number of rotatable bonds is 10. The molecule has 2 atom stereocenters. The van der Waals surface area contributed by atoms with E-state index in [0.717, 1.165) is 42.6 Å². The molecule has 3 rings (SSSR count). The predicted molar refractivity (Wildman–Crippen MR) is 148 cm³/mol. The van der Waals surface area contributed by atoms with Gasteiger partial charge in [-0.1, -0.05) is 35.9 Å². The summed E-state index contributed by atoms with van der Waals surface area (Å²) in [5.41, 5.74) is 21.3. The molecule has 0 spiro atoms. The van der Waals surface area contributed by atoms with Gasteiger partial charge in [0.15, 0.2) is 0 Å². The highest BCUT2D eigenvalue weighted by Gasteiger charge is 2.13. The molecule has 36 heavy (non-hydrogen) atoms. The maximum absolute atomic E-state index is 12.4. The van der Waals surface area contributed by atoms with Gasteiger partial charge in [-0.15, -0.1) is 0 Å². The largest absolute Gasteiger partial charge is 0.399 e.